The van der Waals surface area contributed by atoms with Crippen molar-refractivity contribution < 1.29 is 0 Å². The van der Waals surface area contributed by atoms with Crippen LogP contribution in [-0.2, 0) is 5.41 Å². The van der Waals surface area contributed by atoms with Crippen LogP contribution in [0.15, 0.2) is 146 Å². The summed E-state index contributed by atoms with van der Waals surface area (Å²) in [5.74, 6) is 1.74. The van der Waals surface area contributed by atoms with Crippen LogP contribution in [0, 0.1) is 0 Å². The Balaban J connectivity index is 1.31. The third-order valence-corrected chi connectivity index (χ3v) is 11.6. The van der Waals surface area contributed by atoms with E-state index in [1.165, 1.54) is 87.6 Å². The lowest BCUT2D eigenvalue weighted by atomic mass is 9.70. The average molecular weight is 667 g/mol. The molecule has 0 unspecified atom stereocenters. The molecule has 0 saturated heterocycles. The van der Waals surface area contributed by atoms with Crippen LogP contribution in [0.1, 0.15) is 36.8 Å². The van der Waals surface area contributed by atoms with Gasteiger partial charge in [0.1, 0.15) is 0 Å². The molecule has 0 nitrogen and oxygen atoms in total. The van der Waals surface area contributed by atoms with E-state index < -0.39 is 0 Å². The number of hydrogen-bond donors (Lipinski definition) is 2. The summed E-state index contributed by atoms with van der Waals surface area (Å²) >= 11 is 9.53. The van der Waals surface area contributed by atoms with Gasteiger partial charge in [0.25, 0.3) is 0 Å². The first-order valence-corrected chi connectivity index (χ1v) is 18.8. The summed E-state index contributed by atoms with van der Waals surface area (Å²) in [6, 6.07) is 54.8. The second kappa shape index (κ2) is 12.4. The second-order valence-corrected chi connectivity index (χ2v) is 14.5. The minimum Gasteiger partial charge on any atom is -0.179 e. The van der Waals surface area contributed by atoms with E-state index in [2.05, 4.69) is 146 Å². The Kier molecular flexibility index (Phi) is 7.75. The first kappa shape index (κ1) is 30.6. The Morgan fingerprint density at radius 1 is 0.388 bits per heavy atom. The van der Waals surface area contributed by atoms with Crippen molar-refractivity contribution in [1.82, 2.24) is 0 Å². The summed E-state index contributed by atoms with van der Waals surface area (Å²) in [5, 5.41) is 10.3. The number of hydrogen-bond acceptors (Lipinski definition) is 2. The molecule has 0 bridgehead atoms. The average Bonchev–Trinajstić information content (AvgIpc) is 3.42. The van der Waals surface area contributed by atoms with Gasteiger partial charge in [-0.05, 0) is 149 Å². The normalized spacial score (nSPS) is 13.3. The number of benzene rings is 8. The summed E-state index contributed by atoms with van der Waals surface area (Å²) in [5.41, 5.74) is 10.8. The minimum absolute atomic E-state index is 0.122. The van der Waals surface area contributed by atoms with Crippen LogP contribution in [-0.4, -0.2) is 11.5 Å². The van der Waals surface area contributed by atoms with Crippen molar-refractivity contribution in [2.24, 2.45) is 0 Å². The lowest BCUT2D eigenvalue weighted by Crippen LogP contribution is -2.26. The summed E-state index contributed by atoms with van der Waals surface area (Å²) in [6.07, 6.45) is 4.22. The first-order valence-electron chi connectivity index (χ1n) is 17.5. The molecule has 0 fully saturated rings. The van der Waals surface area contributed by atoms with E-state index in [1.807, 2.05) is 0 Å². The molecule has 0 aromatic heterocycles. The lowest BCUT2D eigenvalue weighted by Gasteiger charge is -2.33. The van der Waals surface area contributed by atoms with Crippen molar-refractivity contribution in [1.29, 1.82) is 0 Å². The van der Waals surface area contributed by atoms with Crippen molar-refractivity contribution in [3.63, 3.8) is 0 Å². The zero-order chi connectivity index (χ0) is 33.0. The molecule has 0 N–H and O–H groups in total. The van der Waals surface area contributed by atoms with Crippen molar-refractivity contribution in [2.45, 2.75) is 31.1 Å². The molecule has 8 aromatic rings. The lowest BCUT2D eigenvalue weighted by molar-refractivity contribution is 0.439. The monoisotopic (exact) mass is 666 g/mol. The number of rotatable bonds is 8. The van der Waals surface area contributed by atoms with Gasteiger partial charge in [-0.25, -0.2) is 0 Å². The highest BCUT2D eigenvalue weighted by molar-refractivity contribution is 7.80. The van der Waals surface area contributed by atoms with Crippen molar-refractivity contribution >= 4 is 68.3 Å². The minimum atomic E-state index is -0.122. The Morgan fingerprint density at radius 3 is 1.08 bits per heavy atom. The first-order chi connectivity index (χ1) is 24.2. The maximum absolute atomic E-state index is 4.76. The predicted molar refractivity (Wildman–Crippen MR) is 220 cm³/mol. The predicted octanol–water partition coefficient (Wildman–Crippen LogP) is 13.3. The molecule has 0 atom stereocenters. The summed E-state index contributed by atoms with van der Waals surface area (Å²) in [6.45, 7) is 0. The molecule has 0 aliphatic heterocycles. The second-order valence-electron chi connectivity index (χ2n) is 13.6. The van der Waals surface area contributed by atoms with E-state index in [-0.39, 0.29) is 5.41 Å². The van der Waals surface area contributed by atoms with E-state index in [0.717, 1.165) is 37.2 Å². The van der Waals surface area contributed by atoms with Crippen molar-refractivity contribution in [3.05, 3.63) is 157 Å². The molecule has 49 heavy (non-hydrogen) atoms. The fourth-order valence-electron chi connectivity index (χ4n) is 8.88. The van der Waals surface area contributed by atoms with Gasteiger partial charge >= 0.3 is 0 Å². The van der Waals surface area contributed by atoms with E-state index in [1.54, 1.807) is 0 Å². The molecule has 0 radical (unpaired) electrons. The summed E-state index contributed by atoms with van der Waals surface area (Å²) in [7, 11) is 0. The van der Waals surface area contributed by atoms with Crippen molar-refractivity contribution in [3.8, 4) is 33.4 Å². The molecular formula is C47H38S2. The van der Waals surface area contributed by atoms with Crippen LogP contribution >= 0.6 is 25.3 Å². The molecule has 238 valence electrons. The van der Waals surface area contributed by atoms with Crippen LogP contribution in [0.3, 0.4) is 0 Å². The molecule has 8 aromatic carbocycles. The summed E-state index contributed by atoms with van der Waals surface area (Å²) < 4.78 is 0. The van der Waals surface area contributed by atoms with E-state index in [0.29, 0.717) is 0 Å². The van der Waals surface area contributed by atoms with Gasteiger partial charge in [0.15, 0.2) is 0 Å². The van der Waals surface area contributed by atoms with Crippen LogP contribution < -0.4 is 0 Å². The van der Waals surface area contributed by atoms with Gasteiger partial charge in [0, 0.05) is 5.41 Å². The Bertz CT molecular complexity index is 2260. The highest BCUT2D eigenvalue weighted by Crippen LogP contribution is 2.56. The maximum Gasteiger partial charge on any atom is 0.0216 e. The van der Waals surface area contributed by atoms with Crippen LogP contribution in [0.25, 0.3) is 76.5 Å². The van der Waals surface area contributed by atoms with Gasteiger partial charge in [-0.15, -0.1) is 0 Å². The summed E-state index contributed by atoms with van der Waals surface area (Å²) in [4.78, 5) is 0. The fourth-order valence-corrected chi connectivity index (χ4v) is 9.20. The fraction of sp³-hybridized carbons (Fsp3) is 0.149. The quantitative estimate of drug-likeness (QED) is 0.117. The van der Waals surface area contributed by atoms with E-state index in [4.69, 9.17) is 25.3 Å². The van der Waals surface area contributed by atoms with Gasteiger partial charge < -0.3 is 0 Å². The molecule has 1 aliphatic carbocycles. The molecule has 0 heterocycles. The highest BCUT2D eigenvalue weighted by atomic mass is 32.1. The topological polar surface area (TPSA) is 0 Å². The highest BCUT2D eigenvalue weighted by Gasteiger charge is 2.42. The maximum atomic E-state index is 4.76. The largest absolute Gasteiger partial charge is 0.179 e. The van der Waals surface area contributed by atoms with Gasteiger partial charge in [-0.1, -0.05) is 121 Å². The van der Waals surface area contributed by atoms with Crippen LogP contribution in [0.5, 0.6) is 0 Å². The smallest absolute Gasteiger partial charge is 0.0216 e. The Hall–Kier alpha value is -4.50. The molecule has 0 saturated carbocycles. The van der Waals surface area contributed by atoms with E-state index >= 15 is 0 Å². The van der Waals surface area contributed by atoms with E-state index in [9.17, 15) is 0 Å². The Labute approximate surface area is 299 Å². The third kappa shape index (κ3) is 4.91. The number of thiol groups is 2. The van der Waals surface area contributed by atoms with Gasteiger partial charge in [-0.3, -0.25) is 0 Å². The molecule has 2 heteroatoms. The van der Waals surface area contributed by atoms with Gasteiger partial charge in [-0.2, -0.15) is 25.3 Å². The molecule has 0 spiro atoms. The zero-order valence-electron chi connectivity index (χ0n) is 27.5. The number of fused-ring (bicyclic) bond motifs is 7. The van der Waals surface area contributed by atoms with Gasteiger partial charge in [0.05, 0.1) is 0 Å². The van der Waals surface area contributed by atoms with Crippen LogP contribution in [0.4, 0.5) is 0 Å². The Morgan fingerprint density at radius 2 is 0.735 bits per heavy atom. The SMILES string of the molecule is SCCCC1(CCCS)c2cc(-c3c4ccccc4cc4ccccc34)ccc2-c2ccc(-c3c4ccccc4cc4ccccc34)cc21. The molecular weight excluding hydrogens is 629 g/mol. The molecule has 9 rings (SSSR count). The van der Waals surface area contributed by atoms with Crippen molar-refractivity contribution in [2.75, 3.05) is 11.5 Å². The van der Waals surface area contributed by atoms with Crippen LogP contribution in [0.2, 0.25) is 0 Å². The zero-order valence-corrected chi connectivity index (χ0v) is 29.3. The third-order valence-electron chi connectivity index (χ3n) is 11.0. The molecule has 0 amide bonds. The standard InChI is InChI=1S/C47H38S2/c48-25-9-23-47(24-10-26-49)43-29-35(45-37-15-5-1-11-31(37)27-32-12-2-6-16-38(32)45)19-21-41(43)42-22-20-36(30-44(42)47)46-39-17-7-3-13-33(39)28-34-14-4-8-18-40(34)46/h1-8,11-22,27-30,48-49H,9-10,23-26H2. The van der Waals surface area contributed by atoms with Gasteiger partial charge in [0.2, 0.25) is 0 Å². The molecule has 1 aliphatic rings.